The van der Waals surface area contributed by atoms with Crippen molar-refractivity contribution in [2.24, 2.45) is 5.92 Å². The van der Waals surface area contributed by atoms with Crippen LogP contribution in [0.25, 0.3) is 0 Å². The number of nitrogens with two attached hydrogens (primary N) is 1. The summed E-state index contributed by atoms with van der Waals surface area (Å²) >= 11 is 0. The largest absolute Gasteiger partial charge is 0.460 e. The molecule has 1 heterocycles. The lowest BCUT2D eigenvalue weighted by Crippen LogP contribution is -2.30. The fraction of sp³-hybridized carbons (Fsp3) is 0.667. The van der Waals surface area contributed by atoms with Crippen molar-refractivity contribution in [3.05, 3.63) is 12.3 Å². The predicted molar refractivity (Wildman–Crippen MR) is 63.1 cm³/mol. The van der Waals surface area contributed by atoms with Crippen molar-refractivity contribution in [1.29, 1.82) is 0 Å². The van der Waals surface area contributed by atoms with Crippen molar-refractivity contribution in [2.45, 2.75) is 45.1 Å². The van der Waals surface area contributed by atoms with Gasteiger partial charge in [-0.05, 0) is 37.7 Å². The molecule has 0 bridgehead atoms. The molecule has 1 fully saturated rings. The first-order chi connectivity index (χ1) is 7.79. The van der Waals surface area contributed by atoms with Gasteiger partial charge in [0, 0.05) is 6.20 Å². The molecular weight excluding hydrogens is 202 g/mol. The van der Waals surface area contributed by atoms with Gasteiger partial charge < -0.3 is 10.5 Å². The monoisotopic (exact) mass is 221 g/mol. The molecule has 0 aromatic carbocycles. The maximum Gasteiger partial charge on any atom is 0.318 e. The Kier molecular flexibility index (Phi) is 3.59. The van der Waals surface area contributed by atoms with E-state index >= 15 is 0 Å². The van der Waals surface area contributed by atoms with Gasteiger partial charge in [0.1, 0.15) is 11.9 Å². The highest BCUT2D eigenvalue weighted by Crippen LogP contribution is 2.29. The average Bonchev–Trinajstić information content (AvgIpc) is 2.30. The first kappa shape index (κ1) is 11.2. The van der Waals surface area contributed by atoms with Gasteiger partial charge in [-0.25, -0.2) is 4.98 Å². The molecule has 1 aliphatic carbocycles. The second-order valence-corrected chi connectivity index (χ2v) is 4.37. The van der Waals surface area contributed by atoms with Crippen molar-refractivity contribution in [1.82, 2.24) is 9.97 Å². The zero-order valence-electron chi connectivity index (χ0n) is 9.72. The lowest BCUT2D eigenvalue weighted by Gasteiger charge is -2.30. The van der Waals surface area contributed by atoms with E-state index in [9.17, 15) is 0 Å². The number of rotatable bonds is 3. The van der Waals surface area contributed by atoms with Gasteiger partial charge in [0.05, 0.1) is 0 Å². The number of aromatic nitrogens is 2. The van der Waals surface area contributed by atoms with E-state index in [4.69, 9.17) is 10.5 Å². The second-order valence-electron chi connectivity index (χ2n) is 4.37. The summed E-state index contributed by atoms with van der Waals surface area (Å²) in [5.41, 5.74) is 5.60. The van der Waals surface area contributed by atoms with Crippen LogP contribution < -0.4 is 10.5 Å². The Hall–Kier alpha value is -1.32. The summed E-state index contributed by atoms with van der Waals surface area (Å²) < 4.78 is 5.84. The molecule has 0 saturated heterocycles. The maximum atomic E-state index is 5.84. The van der Waals surface area contributed by atoms with Crippen LogP contribution in [0.4, 0.5) is 5.82 Å². The molecule has 1 aromatic rings. The van der Waals surface area contributed by atoms with Gasteiger partial charge in [0.25, 0.3) is 0 Å². The van der Waals surface area contributed by atoms with Crippen LogP contribution >= 0.6 is 0 Å². The maximum absolute atomic E-state index is 5.84. The summed E-state index contributed by atoms with van der Waals surface area (Å²) in [6, 6.07) is 2.09. The summed E-state index contributed by atoms with van der Waals surface area (Å²) in [5, 5.41) is 0. The Balaban J connectivity index is 2.02. The molecule has 4 nitrogen and oxygen atoms in total. The van der Waals surface area contributed by atoms with Gasteiger partial charge in [-0.2, -0.15) is 4.98 Å². The third kappa shape index (κ3) is 2.62. The van der Waals surface area contributed by atoms with Gasteiger partial charge in [-0.15, -0.1) is 0 Å². The molecule has 0 spiro atoms. The Morgan fingerprint density at radius 1 is 1.44 bits per heavy atom. The van der Waals surface area contributed by atoms with Crippen LogP contribution in [0.2, 0.25) is 0 Å². The lowest BCUT2D eigenvalue weighted by molar-refractivity contribution is 0.0811. The number of hydrogen-bond donors (Lipinski definition) is 1. The fourth-order valence-corrected chi connectivity index (χ4v) is 2.34. The van der Waals surface area contributed by atoms with E-state index in [1.807, 2.05) is 0 Å². The van der Waals surface area contributed by atoms with E-state index in [1.54, 1.807) is 12.3 Å². The number of anilines is 1. The van der Waals surface area contributed by atoms with E-state index < -0.39 is 0 Å². The van der Waals surface area contributed by atoms with Crippen molar-refractivity contribution < 1.29 is 4.74 Å². The third-order valence-corrected chi connectivity index (χ3v) is 3.28. The molecule has 1 aliphatic rings. The highest BCUT2D eigenvalue weighted by Gasteiger charge is 2.25. The molecular formula is C12H19N3O. The Morgan fingerprint density at radius 2 is 2.25 bits per heavy atom. The zero-order chi connectivity index (χ0) is 11.4. The van der Waals surface area contributed by atoms with Crippen molar-refractivity contribution >= 4 is 5.82 Å². The fourth-order valence-electron chi connectivity index (χ4n) is 2.34. The first-order valence-corrected chi connectivity index (χ1v) is 6.04. The van der Waals surface area contributed by atoms with Crippen LogP contribution in [-0.4, -0.2) is 16.1 Å². The molecule has 2 N–H and O–H groups in total. The molecule has 0 amide bonds. The van der Waals surface area contributed by atoms with E-state index in [0.29, 0.717) is 17.7 Å². The first-order valence-electron chi connectivity index (χ1n) is 6.04. The van der Waals surface area contributed by atoms with Crippen LogP contribution in [0.1, 0.15) is 39.0 Å². The zero-order valence-corrected chi connectivity index (χ0v) is 9.72. The smallest absolute Gasteiger partial charge is 0.318 e. The summed E-state index contributed by atoms with van der Waals surface area (Å²) in [4.78, 5) is 8.17. The topological polar surface area (TPSA) is 61.0 Å². The average molecular weight is 221 g/mol. The SMILES string of the molecule is CCC1CCCCC1Oc1nccc(N)n1. The standard InChI is InChI=1S/C12H19N3O/c1-2-9-5-3-4-6-10(9)16-12-14-8-7-11(13)15-12/h7-10H,2-6H2,1H3,(H2,13,14,15). The molecule has 88 valence electrons. The molecule has 2 atom stereocenters. The van der Waals surface area contributed by atoms with Gasteiger partial charge in [0.2, 0.25) is 0 Å². The summed E-state index contributed by atoms with van der Waals surface area (Å²) in [7, 11) is 0. The van der Waals surface area contributed by atoms with Gasteiger partial charge in [0.15, 0.2) is 0 Å². The summed E-state index contributed by atoms with van der Waals surface area (Å²) in [6.45, 7) is 2.21. The molecule has 2 rings (SSSR count). The number of ether oxygens (including phenoxy) is 1. The van der Waals surface area contributed by atoms with E-state index in [1.165, 1.54) is 19.3 Å². The van der Waals surface area contributed by atoms with Crippen LogP contribution in [0.15, 0.2) is 12.3 Å². The van der Waals surface area contributed by atoms with Crippen LogP contribution in [0.3, 0.4) is 0 Å². The van der Waals surface area contributed by atoms with Crippen LogP contribution in [0.5, 0.6) is 6.01 Å². The minimum absolute atomic E-state index is 0.264. The van der Waals surface area contributed by atoms with Gasteiger partial charge in [-0.3, -0.25) is 0 Å². The van der Waals surface area contributed by atoms with E-state index in [-0.39, 0.29) is 6.10 Å². The Labute approximate surface area is 96.2 Å². The van der Waals surface area contributed by atoms with Crippen LogP contribution in [0, 0.1) is 5.92 Å². The lowest BCUT2D eigenvalue weighted by atomic mass is 9.85. The van der Waals surface area contributed by atoms with Gasteiger partial charge in [-0.1, -0.05) is 13.3 Å². The summed E-state index contributed by atoms with van der Waals surface area (Å²) in [6.07, 6.45) is 7.98. The quantitative estimate of drug-likeness (QED) is 0.851. The Bertz CT molecular complexity index is 343. The normalized spacial score (nSPS) is 25.3. The summed E-state index contributed by atoms with van der Waals surface area (Å²) in [5.74, 6) is 1.10. The highest BCUT2D eigenvalue weighted by atomic mass is 16.5. The molecule has 4 heteroatoms. The minimum Gasteiger partial charge on any atom is -0.460 e. The minimum atomic E-state index is 0.264. The Morgan fingerprint density at radius 3 is 3.00 bits per heavy atom. The van der Waals surface area contributed by atoms with E-state index in [0.717, 1.165) is 12.8 Å². The van der Waals surface area contributed by atoms with Gasteiger partial charge >= 0.3 is 6.01 Å². The molecule has 2 unspecified atom stereocenters. The molecule has 0 aliphatic heterocycles. The number of nitrogens with zero attached hydrogens (tertiary/aromatic N) is 2. The molecule has 1 saturated carbocycles. The van der Waals surface area contributed by atoms with Crippen molar-refractivity contribution in [3.8, 4) is 6.01 Å². The number of nitrogen functional groups attached to an aromatic ring is 1. The third-order valence-electron chi connectivity index (χ3n) is 3.28. The number of hydrogen-bond acceptors (Lipinski definition) is 4. The molecule has 0 radical (unpaired) electrons. The highest BCUT2D eigenvalue weighted by molar-refractivity contribution is 5.26. The van der Waals surface area contributed by atoms with Crippen molar-refractivity contribution in [3.63, 3.8) is 0 Å². The van der Waals surface area contributed by atoms with E-state index in [2.05, 4.69) is 16.9 Å². The predicted octanol–water partition coefficient (Wildman–Crippen LogP) is 2.41. The molecule has 16 heavy (non-hydrogen) atoms. The molecule has 1 aromatic heterocycles. The van der Waals surface area contributed by atoms with Crippen molar-refractivity contribution in [2.75, 3.05) is 5.73 Å². The second kappa shape index (κ2) is 5.14. The van der Waals surface area contributed by atoms with Crippen LogP contribution in [-0.2, 0) is 0 Å².